The van der Waals surface area contributed by atoms with Crippen LogP contribution in [-0.2, 0) is 9.59 Å². The van der Waals surface area contributed by atoms with E-state index in [-0.39, 0.29) is 17.6 Å². The summed E-state index contributed by atoms with van der Waals surface area (Å²) >= 11 is 0. The number of aryl methyl sites for hydroxylation is 1. The second-order valence-electron chi connectivity index (χ2n) is 7.43. The molecule has 0 saturated carbocycles. The summed E-state index contributed by atoms with van der Waals surface area (Å²) in [6.07, 6.45) is 8.33. The number of hydrogen-bond donors (Lipinski definition) is 1. The Morgan fingerprint density at radius 3 is 2.88 bits per heavy atom. The predicted molar refractivity (Wildman–Crippen MR) is 100 cm³/mol. The highest BCUT2D eigenvalue weighted by atomic mass is 19.1. The van der Waals surface area contributed by atoms with Crippen LogP contribution in [-0.4, -0.2) is 29.8 Å². The van der Waals surface area contributed by atoms with Gasteiger partial charge in [-0.3, -0.25) is 9.59 Å². The fraction of sp³-hybridized carbons (Fsp3) is 0.524. The number of rotatable bonds is 5. The molecule has 0 spiro atoms. The monoisotopic (exact) mass is 358 g/mol. The van der Waals surface area contributed by atoms with Crippen molar-refractivity contribution in [1.29, 1.82) is 0 Å². The maximum atomic E-state index is 13.1. The Bertz CT molecular complexity index is 714. The van der Waals surface area contributed by atoms with Crippen molar-refractivity contribution in [2.24, 2.45) is 5.92 Å². The molecule has 0 aromatic heterocycles. The van der Waals surface area contributed by atoms with Crippen LogP contribution >= 0.6 is 0 Å². The molecule has 2 amide bonds. The zero-order valence-corrected chi connectivity index (χ0v) is 15.4. The number of benzene rings is 1. The van der Waals surface area contributed by atoms with Crippen LogP contribution in [0.15, 0.2) is 29.8 Å². The molecule has 140 valence electrons. The molecule has 1 aliphatic carbocycles. The average molecular weight is 358 g/mol. The summed E-state index contributed by atoms with van der Waals surface area (Å²) in [5, 5.41) is 2.86. The molecule has 26 heavy (non-hydrogen) atoms. The molecule has 1 fully saturated rings. The van der Waals surface area contributed by atoms with Gasteiger partial charge in [0.05, 0.1) is 0 Å². The summed E-state index contributed by atoms with van der Waals surface area (Å²) in [5.74, 6) is 0.208. The number of halogens is 1. The number of amides is 2. The minimum atomic E-state index is -0.301. The van der Waals surface area contributed by atoms with E-state index in [0.29, 0.717) is 18.0 Å². The minimum Gasteiger partial charge on any atom is -0.339 e. The summed E-state index contributed by atoms with van der Waals surface area (Å²) < 4.78 is 13.1. The second kappa shape index (κ2) is 8.47. The quantitative estimate of drug-likeness (QED) is 0.857. The largest absolute Gasteiger partial charge is 0.339 e. The highest BCUT2D eigenvalue weighted by molar-refractivity contribution is 5.94. The number of nitrogens with zero attached hydrogens (tertiary/aromatic N) is 1. The van der Waals surface area contributed by atoms with Crippen LogP contribution in [0.2, 0.25) is 0 Å². The zero-order chi connectivity index (χ0) is 18.5. The molecule has 1 aromatic rings. The molecule has 1 N–H and O–H groups in total. The van der Waals surface area contributed by atoms with E-state index in [1.165, 1.54) is 12.1 Å². The lowest BCUT2D eigenvalue weighted by atomic mass is 9.92. The Balaban J connectivity index is 1.47. The van der Waals surface area contributed by atoms with Crippen LogP contribution in [0.4, 0.5) is 10.1 Å². The third-order valence-electron chi connectivity index (χ3n) is 5.36. The fourth-order valence-corrected chi connectivity index (χ4v) is 3.87. The van der Waals surface area contributed by atoms with Crippen LogP contribution < -0.4 is 5.32 Å². The van der Waals surface area contributed by atoms with E-state index in [2.05, 4.69) is 11.4 Å². The number of piperidine rings is 1. The van der Waals surface area contributed by atoms with Crippen LogP contribution in [0, 0.1) is 18.7 Å². The number of hydrogen-bond acceptors (Lipinski definition) is 2. The summed E-state index contributed by atoms with van der Waals surface area (Å²) in [6.45, 7) is 3.35. The van der Waals surface area contributed by atoms with Crippen molar-refractivity contribution in [1.82, 2.24) is 4.90 Å². The molecular weight excluding hydrogens is 331 g/mol. The molecule has 1 aromatic carbocycles. The third-order valence-corrected chi connectivity index (χ3v) is 5.36. The molecule has 4 nitrogen and oxygen atoms in total. The number of likely N-dealkylation sites (tertiary alicyclic amines) is 1. The third kappa shape index (κ3) is 4.71. The Labute approximate surface area is 154 Å². The number of nitrogens with one attached hydrogen (secondary N) is 1. The lowest BCUT2D eigenvalue weighted by Gasteiger charge is -2.33. The van der Waals surface area contributed by atoms with Gasteiger partial charge in [0, 0.05) is 30.8 Å². The Morgan fingerprint density at radius 1 is 1.31 bits per heavy atom. The van der Waals surface area contributed by atoms with E-state index < -0.39 is 0 Å². The van der Waals surface area contributed by atoms with Gasteiger partial charge in [-0.2, -0.15) is 0 Å². The number of carbonyl (C=O) groups excluding carboxylic acids is 2. The lowest BCUT2D eigenvalue weighted by Crippen LogP contribution is -2.40. The van der Waals surface area contributed by atoms with Crippen LogP contribution in [0.1, 0.15) is 50.5 Å². The van der Waals surface area contributed by atoms with Gasteiger partial charge in [-0.05, 0) is 75.1 Å². The lowest BCUT2D eigenvalue weighted by molar-refractivity contribution is -0.129. The SMILES string of the molecule is Cc1cc(F)ccc1NC(=O)CC[C@H]1CCCN(C(=O)C2=CCCC2)C1. The van der Waals surface area contributed by atoms with Crippen LogP contribution in [0.25, 0.3) is 0 Å². The Hall–Kier alpha value is -2.17. The highest BCUT2D eigenvalue weighted by Gasteiger charge is 2.26. The second-order valence-corrected chi connectivity index (χ2v) is 7.43. The molecule has 2 aliphatic rings. The first-order chi connectivity index (χ1) is 12.5. The van der Waals surface area contributed by atoms with Crippen molar-refractivity contribution < 1.29 is 14.0 Å². The number of allylic oxidation sites excluding steroid dienone is 1. The van der Waals surface area contributed by atoms with E-state index >= 15 is 0 Å². The summed E-state index contributed by atoms with van der Waals surface area (Å²) in [4.78, 5) is 26.7. The smallest absolute Gasteiger partial charge is 0.249 e. The molecule has 1 heterocycles. The van der Waals surface area contributed by atoms with Crippen molar-refractivity contribution in [3.63, 3.8) is 0 Å². The van der Waals surface area contributed by atoms with Crippen LogP contribution in [0.3, 0.4) is 0 Å². The maximum Gasteiger partial charge on any atom is 0.249 e. The molecule has 0 unspecified atom stereocenters. The van der Waals surface area contributed by atoms with Crippen molar-refractivity contribution in [2.45, 2.75) is 51.9 Å². The van der Waals surface area contributed by atoms with Gasteiger partial charge in [-0.25, -0.2) is 4.39 Å². The van der Waals surface area contributed by atoms with Gasteiger partial charge >= 0.3 is 0 Å². The van der Waals surface area contributed by atoms with Gasteiger partial charge in [0.1, 0.15) is 5.82 Å². The Morgan fingerprint density at radius 2 is 2.15 bits per heavy atom. The highest BCUT2D eigenvalue weighted by Crippen LogP contribution is 2.26. The number of anilines is 1. The molecule has 0 bridgehead atoms. The molecular formula is C21H27FN2O2. The van der Waals surface area contributed by atoms with Gasteiger partial charge in [0.15, 0.2) is 0 Å². The molecule has 3 rings (SSSR count). The van der Waals surface area contributed by atoms with Crippen molar-refractivity contribution >= 4 is 17.5 Å². The van der Waals surface area contributed by atoms with E-state index in [9.17, 15) is 14.0 Å². The van der Waals surface area contributed by atoms with E-state index in [0.717, 1.165) is 62.8 Å². The average Bonchev–Trinajstić information content (AvgIpc) is 3.17. The van der Waals surface area contributed by atoms with E-state index in [1.54, 1.807) is 13.0 Å². The first kappa shape index (κ1) is 18.6. The predicted octanol–water partition coefficient (Wildman–Crippen LogP) is 4.20. The molecule has 0 radical (unpaired) electrons. The summed E-state index contributed by atoms with van der Waals surface area (Å²) in [5.41, 5.74) is 2.35. The zero-order valence-electron chi connectivity index (χ0n) is 15.4. The van der Waals surface area contributed by atoms with E-state index in [1.807, 2.05) is 4.90 Å². The first-order valence-corrected chi connectivity index (χ1v) is 9.57. The van der Waals surface area contributed by atoms with Gasteiger partial charge in [-0.1, -0.05) is 6.08 Å². The molecule has 1 saturated heterocycles. The van der Waals surface area contributed by atoms with Crippen LogP contribution in [0.5, 0.6) is 0 Å². The molecule has 1 atom stereocenters. The van der Waals surface area contributed by atoms with E-state index in [4.69, 9.17) is 0 Å². The number of carbonyl (C=O) groups is 2. The van der Waals surface area contributed by atoms with Crippen molar-refractivity contribution in [3.05, 3.63) is 41.2 Å². The van der Waals surface area contributed by atoms with Crippen molar-refractivity contribution in [2.75, 3.05) is 18.4 Å². The normalized spacial score (nSPS) is 20.0. The van der Waals surface area contributed by atoms with Gasteiger partial charge in [0.25, 0.3) is 0 Å². The summed E-state index contributed by atoms with van der Waals surface area (Å²) in [7, 11) is 0. The maximum absolute atomic E-state index is 13.1. The van der Waals surface area contributed by atoms with Gasteiger partial charge < -0.3 is 10.2 Å². The fourth-order valence-electron chi connectivity index (χ4n) is 3.87. The topological polar surface area (TPSA) is 49.4 Å². The Kier molecular flexibility index (Phi) is 6.07. The molecule has 5 heteroatoms. The minimum absolute atomic E-state index is 0.0540. The van der Waals surface area contributed by atoms with Gasteiger partial charge in [-0.15, -0.1) is 0 Å². The van der Waals surface area contributed by atoms with Gasteiger partial charge in [0.2, 0.25) is 11.8 Å². The first-order valence-electron chi connectivity index (χ1n) is 9.57. The summed E-state index contributed by atoms with van der Waals surface area (Å²) in [6, 6.07) is 4.36. The van der Waals surface area contributed by atoms with Crippen molar-refractivity contribution in [3.8, 4) is 0 Å². The molecule has 1 aliphatic heterocycles. The standard InChI is InChI=1S/C21H27FN2O2/c1-15-13-18(22)9-10-19(15)23-20(25)11-8-16-5-4-12-24(14-16)21(26)17-6-2-3-7-17/h6,9-10,13,16H,2-5,7-8,11-12,14H2,1H3,(H,23,25)/t16-/m1/s1.